The highest BCUT2D eigenvalue weighted by molar-refractivity contribution is 7.99. The molecule has 1 aromatic rings. The lowest BCUT2D eigenvalue weighted by Crippen LogP contribution is -2.25. The maximum Gasteiger partial charge on any atom is 0.126 e. The summed E-state index contributed by atoms with van der Waals surface area (Å²) in [4.78, 5) is 3.44. The number of hydrogen-bond acceptors (Lipinski definition) is 4. The molecule has 0 aliphatic carbocycles. The van der Waals surface area contributed by atoms with E-state index in [1.807, 2.05) is 0 Å². The molecule has 3 N–H and O–H groups in total. The number of hydrogen-bond donors (Lipinski definition) is 2. The van der Waals surface area contributed by atoms with E-state index in [1.54, 1.807) is 18.9 Å². The highest BCUT2D eigenvalue weighted by atomic mass is 32.2. The van der Waals surface area contributed by atoms with Crippen molar-refractivity contribution in [3.05, 3.63) is 23.8 Å². The molecule has 1 fully saturated rings. The Morgan fingerprint density at radius 1 is 1.55 bits per heavy atom. The molecule has 1 saturated heterocycles. The minimum absolute atomic E-state index is 0.159. The van der Waals surface area contributed by atoms with E-state index in [9.17, 15) is 0 Å². The van der Waals surface area contributed by atoms with Gasteiger partial charge in [0.1, 0.15) is 5.84 Å². The number of rotatable bonds is 6. The Labute approximate surface area is 125 Å². The summed E-state index contributed by atoms with van der Waals surface area (Å²) in [6, 6.07) is 6.19. The van der Waals surface area contributed by atoms with Crippen LogP contribution in [0.1, 0.15) is 18.9 Å². The van der Waals surface area contributed by atoms with Gasteiger partial charge in [-0.15, -0.1) is 11.8 Å². The minimum atomic E-state index is 0.159. The van der Waals surface area contributed by atoms with E-state index in [-0.39, 0.29) is 5.84 Å². The van der Waals surface area contributed by atoms with Crippen molar-refractivity contribution in [1.82, 2.24) is 0 Å². The topological polar surface area (TPSA) is 62.3 Å². The molecular weight excluding hydrogens is 270 g/mol. The van der Waals surface area contributed by atoms with E-state index in [1.165, 1.54) is 0 Å². The zero-order chi connectivity index (χ0) is 14.5. The van der Waals surface area contributed by atoms with Gasteiger partial charge in [-0.25, -0.2) is 0 Å². The summed E-state index contributed by atoms with van der Waals surface area (Å²) in [5.74, 6) is 1.71. The van der Waals surface area contributed by atoms with Gasteiger partial charge in [0.2, 0.25) is 0 Å². The number of benzene rings is 1. The van der Waals surface area contributed by atoms with Gasteiger partial charge < -0.3 is 15.4 Å². The molecule has 1 aliphatic rings. The summed E-state index contributed by atoms with van der Waals surface area (Å²) in [5.41, 5.74) is 7.80. The van der Waals surface area contributed by atoms with E-state index in [0.717, 1.165) is 48.0 Å². The molecule has 0 spiro atoms. The van der Waals surface area contributed by atoms with Gasteiger partial charge in [-0.3, -0.25) is 5.41 Å². The first-order valence-electron chi connectivity index (χ1n) is 7.01. The zero-order valence-corrected chi connectivity index (χ0v) is 13.0. The fourth-order valence-electron chi connectivity index (χ4n) is 2.75. The monoisotopic (exact) mass is 293 g/mol. The number of nitrogens with one attached hydrogen (secondary N) is 1. The summed E-state index contributed by atoms with van der Waals surface area (Å²) < 4.78 is 5.25. The Bertz CT molecular complexity index is 478. The lowest BCUT2D eigenvalue weighted by atomic mass is 10.1. The summed E-state index contributed by atoms with van der Waals surface area (Å²) in [7, 11) is 1.75. The van der Waals surface area contributed by atoms with Crippen LogP contribution in [0.4, 0.5) is 5.69 Å². The van der Waals surface area contributed by atoms with Gasteiger partial charge >= 0.3 is 0 Å². The molecule has 1 atom stereocenters. The van der Waals surface area contributed by atoms with Crippen molar-refractivity contribution in [1.29, 1.82) is 5.41 Å². The molecule has 0 saturated carbocycles. The first-order valence-corrected chi connectivity index (χ1v) is 8.00. The van der Waals surface area contributed by atoms with E-state index in [2.05, 4.69) is 30.0 Å². The highest BCUT2D eigenvalue weighted by Gasteiger charge is 2.25. The number of anilines is 1. The van der Waals surface area contributed by atoms with Gasteiger partial charge in [-0.2, -0.15) is 0 Å². The van der Waals surface area contributed by atoms with Gasteiger partial charge in [-0.05, 0) is 24.3 Å². The molecule has 1 unspecified atom stereocenters. The number of amidine groups is 1. The Morgan fingerprint density at radius 3 is 3.00 bits per heavy atom. The van der Waals surface area contributed by atoms with Crippen LogP contribution in [0.15, 0.2) is 23.1 Å². The van der Waals surface area contributed by atoms with Crippen molar-refractivity contribution in [3.8, 4) is 0 Å². The zero-order valence-electron chi connectivity index (χ0n) is 12.2. The van der Waals surface area contributed by atoms with Crippen LogP contribution in [0.5, 0.6) is 0 Å². The second-order valence-electron chi connectivity index (χ2n) is 5.05. The number of nitrogens with two attached hydrogens (primary N) is 1. The van der Waals surface area contributed by atoms with Crippen LogP contribution in [0.25, 0.3) is 0 Å². The predicted octanol–water partition coefficient (Wildman–Crippen LogP) is 2.56. The third-order valence-electron chi connectivity index (χ3n) is 3.60. The SMILES string of the molecule is CCSc1cccc(N2CCC(COC)C2)c1C(=N)N. The molecule has 5 heteroatoms. The molecule has 1 heterocycles. The number of thioether (sulfide) groups is 1. The number of methoxy groups -OCH3 is 1. The molecule has 0 aromatic heterocycles. The fourth-order valence-corrected chi connectivity index (χ4v) is 3.60. The van der Waals surface area contributed by atoms with Crippen LogP contribution in [-0.2, 0) is 4.74 Å². The molecular formula is C15H23N3OS. The Balaban J connectivity index is 2.27. The molecule has 0 amide bonds. The average Bonchev–Trinajstić information content (AvgIpc) is 2.87. The number of nitrogens with zero attached hydrogens (tertiary/aromatic N) is 1. The summed E-state index contributed by atoms with van der Waals surface area (Å²) >= 11 is 1.74. The van der Waals surface area contributed by atoms with Gasteiger partial charge in [0.25, 0.3) is 0 Å². The van der Waals surface area contributed by atoms with Crippen molar-refractivity contribution in [3.63, 3.8) is 0 Å². The van der Waals surface area contributed by atoms with Crippen molar-refractivity contribution >= 4 is 23.3 Å². The number of ether oxygens (including phenoxy) is 1. The van der Waals surface area contributed by atoms with Crippen molar-refractivity contribution in [2.75, 3.05) is 37.5 Å². The summed E-state index contributed by atoms with van der Waals surface area (Å²) in [6.45, 7) is 4.91. The Hall–Kier alpha value is -1.20. The third kappa shape index (κ3) is 3.27. The molecule has 2 rings (SSSR count). The lowest BCUT2D eigenvalue weighted by Gasteiger charge is -2.23. The Kier molecular flexibility index (Phi) is 5.31. The van der Waals surface area contributed by atoms with Gasteiger partial charge in [-0.1, -0.05) is 13.0 Å². The van der Waals surface area contributed by atoms with Crippen LogP contribution < -0.4 is 10.6 Å². The van der Waals surface area contributed by atoms with Crippen LogP contribution in [0.3, 0.4) is 0 Å². The largest absolute Gasteiger partial charge is 0.384 e. The van der Waals surface area contributed by atoms with Crippen molar-refractivity contribution < 1.29 is 4.74 Å². The first-order chi connectivity index (χ1) is 9.67. The second kappa shape index (κ2) is 6.99. The van der Waals surface area contributed by atoms with E-state index < -0.39 is 0 Å². The highest BCUT2D eigenvalue weighted by Crippen LogP contribution is 2.33. The molecule has 0 bridgehead atoms. The second-order valence-corrected chi connectivity index (χ2v) is 6.36. The summed E-state index contributed by atoms with van der Waals surface area (Å²) in [5, 5.41) is 7.90. The van der Waals surface area contributed by atoms with Crippen molar-refractivity contribution in [2.24, 2.45) is 11.7 Å². The van der Waals surface area contributed by atoms with Crippen LogP contribution in [0, 0.1) is 11.3 Å². The van der Waals surface area contributed by atoms with Crippen LogP contribution in [-0.4, -0.2) is 38.4 Å². The Morgan fingerprint density at radius 2 is 2.35 bits per heavy atom. The standard InChI is InChI=1S/C15H23N3OS/c1-3-20-13-6-4-5-12(14(13)15(16)17)18-8-7-11(9-18)10-19-2/h4-6,11H,3,7-10H2,1-2H3,(H3,16,17). The molecule has 20 heavy (non-hydrogen) atoms. The maximum absolute atomic E-state index is 7.90. The first kappa shape index (κ1) is 15.2. The normalized spacial score (nSPS) is 18.5. The fraction of sp³-hybridized carbons (Fsp3) is 0.533. The summed E-state index contributed by atoms with van der Waals surface area (Å²) in [6.07, 6.45) is 1.14. The molecule has 110 valence electrons. The molecule has 4 nitrogen and oxygen atoms in total. The minimum Gasteiger partial charge on any atom is -0.384 e. The van der Waals surface area contributed by atoms with Crippen LogP contribution >= 0.6 is 11.8 Å². The van der Waals surface area contributed by atoms with E-state index >= 15 is 0 Å². The third-order valence-corrected chi connectivity index (χ3v) is 4.54. The molecule has 0 radical (unpaired) electrons. The quantitative estimate of drug-likeness (QED) is 0.481. The van der Waals surface area contributed by atoms with Gasteiger partial charge in [0.15, 0.2) is 0 Å². The smallest absolute Gasteiger partial charge is 0.126 e. The predicted molar refractivity (Wildman–Crippen MR) is 86.1 cm³/mol. The average molecular weight is 293 g/mol. The van der Waals surface area contributed by atoms with E-state index in [4.69, 9.17) is 15.9 Å². The molecule has 1 aromatic carbocycles. The van der Waals surface area contributed by atoms with E-state index in [0.29, 0.717) is 5.92 Å². The van der Waals surface area contributed by atoms with Gasteiger partial charge in [0.05, 0.1) is 12.2 Å². The lowest BCUT2D eigenvalue weighted by molar-refractivity contribution is 0.161. The van der Waals surface area contributed by atoms with Gasteiger partial charge in [0, 0.05) is 36.7 Å². The maximum atomic E-state index is 7.90. The van der Waals surface area contributed by atoms with Crippen LogP contribution in [0.2, 0.25) is 0 Å². The molecule has 1 aliphatic heterocycles. The van der Waals surface area contributed by atoms with Crippen molar-refractivity contribution in [2.45, 2.75) is 18.2 Å². The number of nitrogen functional groups attached to an aromatic ring is 1.